The number of carbonyl (C=O) groups excluding carboxylic acids is 2. The molecule has 5 aliphatic heterocycles. The van der Waals surface area contributed by atoms with Crippen LogP contribution in [0.2, 0.25) is 0 Å². The SMILES string of the molecule is CC(C)C/C=C/CN1CCOCC1.CC(C)CCCCN1CCN(C)CC1.CC(C)CCCCN=[N+]=[N-].CC(C)CCCCOC(=O)N1CCCCC1.CC(C)CCCCn1cncn1.CC(C)CCN(C)C.CC(C)CCN(C)C.CC(C)CCN1CCOC1=O.CC(C)CCN1CCOCC1.CCCC(C)C.CCCN(C)CCC(C)C. The summed E-state index contributed by atoms with van der Waals surface area (Å²) in [5.74, 6) is 8.92. The molecule has 5 aliphatic rings. The van der Waals surface area contributed by atoms with Crippen molar-refractivity contribution in [2.75, 3.05) is 213 Å². The molecule has 0 aliphatic carbocycles. The minimum absolute atomic E-state index is 0.107. The van der Waals surface area contributed by atoms with Crippen LogP contribution >= 0.6 is 0 Å². The number of aromatic nitrogens is 3. The van der Waals surface area contributed by atoms with Crippen LogP contribution in [0.25, 0.3) is 10.4 Å². The molecule has 0 radical (unpaired) electrons. The molecule has 119 heavy (non-hydrogen) atoms. The van der Waals surface area contributed by atoms with Crippen molar-refractivity contribution in [3.8, 4) is 0 Å². The van der Waals surface area contributed by atoms with E-state index in [0.717, 1.165) is 190 Å². The van der Waals surface area contributed by atoms with Gasteiger partial charge in [-0.1, -0.05) is 241 Å². The summed E-state index contributed by atoms with van der Waals surface area (Å²) in [6.45, 7) is 81.8. The Kier molecular flexibility index (Phi) is 92.9. The number of rotatable bonds is 43. The highest BCUT2D eigenvalue weighted by Crippen LogP contribution is 2.15. The number of likely N-dealkylation sites (tertiary alicyclic amines) is 1. The molecule has 0 saturated carbocycles. The van der Waals surface area contributed by atoms with Gasteiger partial charge in [-0.3, -0.25) is 14.5 Å². The molecule has 5 saturated heterocycles. The topological polar surface area (TPSA) is 180 Å². The largest absolute Gasteiger partial charge is 0.449 e. The standard InChI is InChI=1S/C13H25NO2.C12H26N2.C11H21NO.C9H17N3.C9H19NO.C9H21N.C8H15NO2.C7H15N3.2C7H17N.C6H14/c1-12(2)8-4-7-11-16-13(15)14-9-5-3-6-10-14;1-12(2)6-4-5-7-14-10-8-13(3)9-11-14;1-11(2)5-3-4-6-12-7-9-13-10-8-12;1-9(2)5-3-4-6-12-8-10-7-11-12;1-9(2)3-4-10-5-7-11-8-6-10;1-5-7-10(4)8-6-9(2)3;1-7(2)3-4-9-5-6-11-8(9)10;1-7(2)5-3-4-6-9-10-8;2*1-7(2)5-6-8(3)4;1-4-5-6(2)3/h12H,3-11H2,1-2H3;12H,4-11H2,1-3H3;3-4,11H,5-10H2,1-2H3;7-9H,3-6H2,1-2H3;9H,3-8H2,1-2H3;9H,5-8H2,1-4H3;7H,3-6H2,1-2H3;7H,3-6H2,1-2H3;2*7H,5-6H2,1-4H3;6H,4-5H2,1-3H3/b;;4-3+;;;;;;;;. The van der Waals surface area contributed by atoms with E-state index in [-0.39, 0.29) is 12.2 Å². The molecule has 1 aromatic rings. The van der Waals surface area contributed by atoms with Gasteiger partial charge in [-0.2, -0.15) is 5.10 Å². The lowest BCUT2D eigenvalue weighted by Crippen LogP contribution is -2.44. The van der Waals surface area contributed by atoms with Crippen LogP contribution < -0.4 is 0 Å². The van der Waals surface area contributed by atoms with Crippen molar-refractivity contribution in [3.63, 3.8) is 0 Å². The van der Waals surface area contributed by atoms with E-state index < -0.39 is 0 Å². The number of cyclic esters (lactones) is 1. The summed E-state index contributed by atoms with van der Waals surface area (Å²) < 4.78 is 22.5. The summed E-state index contributed by atoms with van der Waals surface area (Å²) in [6.07, 6.45) is 37.5. The lowest BCUT2D eigenvalue weighted by molar-refractivity contribution is 0.0360. The quantitative estimate of drug-likeness (QED) is 0.0198. The van der Waals surface area contributed by atoms with E-state index in [1.165, 1.54) is 181 Å². The maximum atomic E-state index is 11.6. The number of ether oxygens (including phenoxy) is 4. The lowest BCUT2D eigenvalue weighted by Gasteiger charge is -2.32. The van der Waals surface area contributed by atoms with Gasteiger partial charge in [0.2, 0.25) is 0 Å². The van der Waals surface area contributed by atoms with E-state index in [1.54, 1.807) is 17.6 Å². The normalized spacial score (nSPS) is 15.3. The zero-order valence-corrected chi connectivity index (χ0v) is 84.9. The number of amides is 2. The zero-order valence-electron chi connectivity index (χ0n) is 84.9. The van der Waals surface area contributed by atoms with Gasteiger partial charge in [0.25, 0.3) is 0 Å². The predicted molar refractivity (Wildman–Crippen MR) is 517 cm³/mol. The number of morpholine rings is 2. The van der Waals surface area contributed by atoms with E-state index in [0.29, 0.717) is 25.7 Å². The summed E-state index contributed by atoms with van der Waals surface area (Å²) >= 11 is 0. The Labute approximate surface area is 740 Å². The molecule has 5 fully saturated rings. The first-order chi connectivity index (χ1) is 56.4. The molecule has 21 nitrogen and oxygen atoms in total. The van der Waals surface area contributed by atoms with Gasteiger partial charge in [0.05, 0.1) is 39.6 Å². The van der Waals surface area contributed by atoms with Gasteiger partial charge in [0.1, 0.15) is 19.3 Å². The first kappa shape index (κ1) is 124. The Bertz CT molecular complexity index is 2240. The maximum Gasteiger partial charge on any atom is 0.409 e. The molecule has 2 amide bonds. The van der Waals surface area contributed by atoms with Gasteiger partial charge < -0.3 is 53.2 Å². The molecule has 710 valence electrons. The van der Waals surface area contributed by atoms with Crippen LogP contribution in [0.15, 0.2) is 29.9 Å². The van der Waals surface area contributed by atoms with Gasteiger partial charge in [-0.25, -0.2) is 14.6 Å². The fraction of sp³-hybridized carbons (Fsp3) is 0.939. The molecule has 0 atom stereocenters. The molecule has 6 rings (SSSR count). The van der Waals surface area contributed by atoms with E-state index in [9.17, 15) is 9.59 Å². The van der Waals surface area contributed by atoms with Crippen molar-refractivity contribution in [2.45, 2.75) is 327 Å². The van der Waals surface area contributed by atoms with Gasteiger partial charge in [-0.05, 0) is 248 Å². The number of hydrogen-bond donors (Lipinski definition) is 0. The van der Waals surface area contributed by atoms with Crippen molar-refractivity contribution in [3.05, 3.63) is 35.2 Å². The monoisotopic (exact) mass is 1690 g/mol. The van der Waals surface area contributed by atoms with Crippen LogP contribution in [0, 0.1) is 65.1 Å². The Morgan fingerprint density at radius 1 is 0.471 bits per heavy atom. The third-order valence-electron chi connectivity index (χ3n) is 20.4. The fourth-order valence-corrected chi connectivity index (χ4v) is 12.2. The number of piperidine rings is 1. The molecule has 6 heterocycles. The molecule has 0 unspecified atom stereocenters. The number of carbonyl (C=O) groups is 2. The summed E-state index contributed by atoms with van der Waals surface area (Å²) in [7, 11) is 12.9. The molecule has 21 heteroatoms. The minimum atomic E-state index is -0.148. The van der Waals surface area contributed by atoms with Crippen LogP contribution in [0.1, 0.15) is 320 Å². The first-order valence-electron chi connectivity index (χ1n) is 48.7. The lowest BCUT2D eigenvalue weighted by atomic mass is 10.1. The molecule has 0 spiro atoms. The average Bonchev–Trinajstić information content (AvgIpc) is 1.55. The van der Waals surface area contributed by atoms with Crippen molar-refractivity contribution in [2.24, 2.45) is 70.2 Å². The molecular weight excluding hydrogens is 1480 g/mol. The number of allylic oxidation sites excluding steroid dienone is 1. The number of unbranched alkanes of at least 4 members (excludes halogenated alkanes) is 4. The van der Waals surface area contributed by atoms with Crippen LogP contribution in [-0.2, 0) is 25.5 Å². The fourth-order valence-electron chi connectivity index (χ4n) is 12.2. The number of nitrogens with zero attached hydrogens (tertiary/aromatic N) is 15. The van der Waals surface area contributed by atoms with Crippen molar-refractivity contribution in [1.82, 2.24) is 58.9 Å². The van der Waals surface area contributed by atoms with Crippen molar-refractivity contribution < 1.29 is 28.5 Å². The third kappa shape index (κ3) is 103. The summed E-state index contributed by atoms with van der Waals surface area (Å²) in [6, 6.07) is 0. The molecule has 1 aromatic heterocycles. The molecular formula is C98H207N15O6. The van der Waals surface area contributed by atoms with Crippen LogP contribution in [0.3, 0.4) is 0 Å². The number of piperazine rings is 1. The van der Waals surface area contributed by atoms with Crippen molar-refractivity contribution in [1.29, 1.82) is 0 Å². The van der Waals surface area contributed by atoms with Gasteiger partial charge >= 0.3 is 12.2 Å². The van der Waals surface area contributed by atoms with E-state index >= 15 is 0 Å². The number of hydrogen-bond acceptors (Lipinski definition) is 16. The van der Waals surface area contributed by atoms with Crippen LogP contribution in [-0.4, -0.2) is 284 Å². The highest BCUT2D eigenvalue weighted by molar-refractivity contribution is 5.69. The second-order valence-corrected chi connectivity index (χ2v) is 39.1. The van der Waals surface area contributed by atoms with Gasteiger partial charge in [0, 0.05) is 96.5 Å². The second kappa shape index (κ2) is 89.2. The number of azide groups is 1. The Morgan fingerprint density at radius 3 is 1.32 bits per heavy atom. The number of likely N-dealkylation sites (N-methyl/N-ethyl adjacent to an activating group) is 1. The van der Waals surface area contributed by atoms with Gasteiger partial charge in [0.15, 0.2) is 0 Å². The minimum Gasteiger partial charge on any atom is -0.449 e. The second-order valence-electron chi connectivity index (χ2n) is 39.1. The summed E-state index contributed by atoms with van der Waals surface area (Å²) in [4.78, 5) is 49.5. The molecule has 0 aromatic carbocycles. The van der Waals surface area contributed by atoms with Crippen LogP contribution in [0.4, 0.5) is 9.59 Å². The predicted octanol–water partition coefficient (Wildman–Crippen LogP) is 23.5. The summed E-state index contributed by atoms with van der Waals surface area (Å²) in [5, 5.41) is 7.49. The highest BCUT2D eigenvalue weighted by Gasteiger charge is 2.22. The molecule has 0 N–H and O–H groups in total. The third-order valence-corrected chi connectivity index (χ3v) is 20.4. The zero-order chi connectivity index (χ0) is 90.8. The van der Waals surface area contributed by atoms with E-state index in [2.05, 4.69) is 275 Å². The Balaban J connectivity index is -0.000000404. The van der Waals surface area contributed by atoms with E-state index in [1.807, 2.05) is 9.58 Å². The summed E-state index contributed by atoms with van der Waals surface area (Å²) in [5.41, 5.74) is 7.93. The number of aryl methyl sites for hydroxylation is 1. The van der Waals surface area contributed by atoms with Crippen LogP contribution in [0.5, 0.6) is 0 Å². The van der Waals surface area contributed by atoms with Crippen molar-refractivity contribution >= 4 is 12.2 Å². The molecule has 0 bridgehead atoms. The maximum absolute atomic E-state index is 11.6. The smallest absolute Gasteiger partial charge is 0.409 e. The Hall–Kier alpha value is -3.63. The van der Waals surface area contributed by atoms with E-state index in [4.69, 9.17) is 24.5 Å². The first-order valence-corrected chi connectivity index (χ1v) is 48.7. The highest BCUT2D eigenvalue weighted by atomic mass is 16.6. The average molecular weight is 1690 g/mol. The van der Waals surface area contributed by atoms with Gasteiger partial charge in [-0.15, -0.1) is 0 Å². The Morgan fingerprint density at radius 2 is 0.916 bits per heavy atom.